The molecule has 6 N–H and O–H groups in total. The van der Waals surface area contributed by atoms with Gasteiger partial charge < -0.3 is 67.5 Å². The molecule has 0 aliphatic rings. The van der Waals surface area contributed by atoms with Gasteiger partial charge in [0, 0.05) is 11.7 Å². The van der Waals surface area contributed by atoms with Crippen LogP contribution in [-0.2, 0) is 74.7 Å². The summed E-state index contributed by atoms with van der Waals surface area (Å²) in [5, 5.41) is 2.14. The third kappa shape index (κ3) is 33.8. The molecule has 1 atom stereocenters. The van der Waals surface area contributed by atoms with E-state index in [4.69, 9.17) is 67.1 Å². The lowest BCUT2D eigenvalue weighted by atomic mass is 10.0. The maximum Gasteiger partial charge on any atom is 0.694 e. The van der Waals surface area contributed by atoms with Gasteiger partial charge in [0.25, 0.3) is 0 Å². The van der Waals surface area contributed by atoms with Crippen LogP contribution >= 0.6 is 23.9 Å². The van der Waals surface area contributed by atoms with Crippen molar-refractivity contribution in [3.63, 3.8) is 0 Å². The minimum absolute atomic E-state index is 0.0629. The maximum absolute atomic E-state index is 12.4. The van der Waals surface area contributed by atoms with Crippen LogP contribution in [0.3, 0.4) is 0 Å². The molecule has 25 heteroatoms. The summed E-state index contributed by atoms with van der Waals surface area (Å²) in [4.78, 5) is 57.3. The van der Waals surface area contributed by atoms with Crippen molar-refractivity contribution in [2.45, 2.75) is 5.54 Å². The summed E-state index contributed by atoms with van der Waals surface area (Å²) in [6, 6.07) is 0. The van der Waals surface area contributed by atoms with Gasteiger partial charge in [0.2, 0.25) is 5.91 Å². The van der Waals surface area contributed by atoms with Crippen LogP contribution in [0, 0.1) is 0 Å². The molecule has 0 radical (unpaired) electrons. The molecule has 48 heavy (non-hydrogen) atoms. The molecule has 0 heterocycles. The van der Waals surface area contributed by atoms with Crippen LogP contribution in [0.4, 0.5) is 0 Å². The maximum atomic E-state index is 12.4. The van der Waals surface area contributed by atoms with Gasteiger partial charge in [-0.3, -0.25) is 13.8 Å². The molecule has 1 unspecified atom stereocenters. The predicted octanol–water partition coefficient (Wildman–Crippen LogP) is -1.49. The lowest BCUT2D eigenvalue weighted by molar-refractivity contribution is -0.130. The Kier molecular flexibility index (Phi) is 29.6. The van der Waals surface area contributed by atoms with Crippen LogP contribution in [0.15, 0.2) is 0 Å². The molecule has 0 saturated heterocycles. The second kappa shape index (κ2) is 30.0. The Balaban J connectivity index is 3.89. The molecule has 0 aromatic carbocycles. The Morgan fingerprint density at radius 1 is 0.583 bits per heavy atom. The molecule has 0 aliphatic heterocycles. The second-order valence-electron chi connectivity index (χ2n) is 9.20. The molecule has 0 aromatic rings. The summed E-state index contributed by atoms with van der Waals surface area (Å²) in [5.74, 6) is -0.963. The number of phosphoric acid groups is 2. The van der Waals surface area contributed by atoms with Crippen molar-refractivity contribution >= 4 is 29.8 Å². The first-order valence-corrected chi connectivity index (χ1v) is 18.6. The van der Waals surface area contributed by atoms with Crippen molar-refractivity contribution < 1.29 is 99.2 Å². The van der Waals surface area contributed by atoms with Crippen molar-refractivity contribution in [3.8, 4) is 0 Å². The van der Waals surface area contributed by atoms with Crippen molar-refractivity contribution in [3.05, 3.63) is 0 Å². The van der Waals surface area contributed by atoms with Gasteiger partial charge in [-0.25, -0.2) is 9.13 Å². The van der Waals surface area contributed by atoms with Crippen LogP contribution in [0.5, 0.6) is 0 Å². The SMILES string of the molecule is COCCOCCOCCOCCOCCOCCOCCOCCOCC(=O)NC(CO[P+](=O)O)(COP(=O)(O)O)COP(=O)(O)O. The summed E-state index contributed by atoms with van der Waals surface area (Å²) in [5.41, 5.74) is -2.20. The number of phosphoric ester groups is 2. The fraction of sp³-hybridized carbons (Fsp3) is 0.957. The Morgan fingerprint density at radius 2 is 0.896 bits per heavy atom. The van der Waals surface area contributed by atoms with Gasteiger partial charge in [-0.05, 0) is 0 Å². The van der Waals surface area contributed by atoms with Crippen LogP contribution in [0.25, 0.3) is 0 Å². The molecule has 0 aliphatic carbocycles. The summed E-state index contributed by atoms with van der Waals surface area (Å²) < 4.78 is 93.9. The number of carbonyl (C=O) groups excluding carboxylic acids is 1. The van der Waals surface area contributed by atoms with E-state index in [2.05, 4.69) is 18.9 Å². The van der Waals surface area contributed by atoms with Crippen molar-refractivity contribution in [2.75, 3.05) is 139 Å². The average Bonchev–Trinajstić information content (AvgIpc) is 3.01. The number of rotatable bonds is 36. The monoisotopic (exact) mass is 768 g/mol. The molecule has 0 bridgehead atoms. The number of amides is 1. The third-order valence-electron chi connectivity index (χ3n) is 5.14. The Labute approximate surface area is 279 Å². The van der Waals surface area contributed by atoms with Crippen molar-refractivity contribution in [1.29, 1.82) is 0 Å². The van der Waals surface area contributed by atoms with Gasteiger partial charge in [-0.15, -0.1) is 9.42 Å². The molecule has 0 aromatic heterocycles. The predicted molar refractivity (Wildman–Crippen MR) is 161 cm³/mol. The second-order valence-corrected chi connectivity index (χ2v) is 12.4. The highest BCUT2D eigenvalue weighted by atomic mass is 31.2. The Bertz CT molecular complexity index is 880. The number of hydrogen-bond acceptors (Lipinski definition) is 16. The highest BCUT2D eigenvalue weighted by molar-refractivity contribution is 7.46. The number of methoxy groups -OCH3 is 1. The smallest absolute Gasteiger partial charge is 0.382 e. The molecule has 0 rings (SSSR count). The lowest BCUT2D eigenvalue weighted by Gasteiger charge is -2.32. The van der Waals surface area contributed by atoms with Gasteiger partial charge >= 0.3 is 23.9 Å². The molecule has 286 valence electrons. The minimum atomic E-state index is -5.15. The highest BCUT2D eigenvalue weighted by Gasteiger charge is 2.41. The average molecular weight is 769 g/mol. The zero-order chi connectivity index (χ0) is 36.0. The van der Waals surface area contributed by atoms with Crippen LogP contribution < -0.4 is 5.32 Å². The van der Waals surface area contributed by atoms with E-state index in [1.807, 2.05) is 0 Å². The van der Waals surface area contributed by atoms with Gasteiger partial charge in [0.1, 0.15) is 18.8 Å². The van der Waals surface area contributed by atoms with E-state index >= 15 is 0 Å². The molecular weight excluding hydrogens is 719 g/mol. The quantitative estimate of drug-likeness (QED) is 0.0312. The molecule has 0 saturated carbocycles. The fourth-order valence-corrected chi connectivity index (χ4v) is 4.19. The standard InChI is InChI=1S/C23H48NO21P3/c1-34-2-3-35-4-5-36-6-7-37-8-9-38-10-11-39-12-13-40-14-15-41-16-17-42-18-22(25)24-23(19-43-46(26)27,20-44-47(28,29)30)21-45-48(31,32)33/h2-21H2,1H3,(H5-,24,25,26,27,28,29,30,31,32,33)/p+1. The zero-order valence-electron chi connectivity index (χ0n) is 26.8. The molecule has 22 nitrogen and oxygen atoms in total. The van der Waals surface area contributed by atoms with Crippen molar-refractivity contribution in [1.82, 2.24) is 5.32 Å². The molecule has 0 fully saturated rings. The number of carbonyl (C=O) groups is 1. The molecule has 0 spiro atoms. The Hall–Kier alpha value is -0.650. The van der Waals surface area contributed by atoms with Crippen LogP contribution in [0.2, 0.25) is 0 Å². The van der Waals surface area contributed by atoms with E-state index in [9.17, 15) is 18.5 Å². The summed E-state index contributed by atoms with van der Waals surface area (Å²) in [7, 11) is -12.0. The first-order valence-electron chi connectivity index (χ1n) is 14.4. The van der Waals surface area contributed by atoms with E-state index in [1.165, 1.54) is 0 Å². The first-order chi connectivity index (χ1) is 22.8. The third-order valence-corrected chi connectivity index (χ3v) is 6.42. The topological polar surface area (TPSA) is 292 Å². The van der Waals surface area contributed by atoms with Gasteiger partial charge in [-0.1, -0.05) is 0 Å². The van der Waals surface area contributed by atoms with E-state index in [0.29, 0.717) is 79.3 Å². The van der Waals surface area contributed by atoms with Crippen molar-refractivity contribution in [2.24, 2.45) is 0 Å². The van der Waals surface area contributed by atoms with Crippen LogP contribution in [-0.4, -0.2) is 175 Å². The number of ether oxygens (including phenoxy) is 9. The summed E-state index contributed by atoms with van der Waals surface area (Å²) in [6.45, 7) is 1.98. The van der Waals surface area contributed by atoms with Crippen LogP contribution in [0.1, 0.15) is 0 Å². The van der Waals surface area contributed by atoms with Gasteiger partial charge in [0.15, 0.2) is 0 Å². The summed E-state index contributed by atoms with van der Waals surface area (Å²) in [6.07, 6.45) is 0. The fourth-order valence-electron chi connectivity index (χ4n) is 3.01. The highest BCUT2D eigenvalue weighted by Crippen LogP contribution is 2.40. The minimum Gasteiger partial charge on any atom is -0.382 e. The largest absolute Gasteiger partial charge is 0.694 e. The number of hydrogen-bond donors (Lipinski definition) is 6. The van der Waals surface area contributed by atoms with Gasteiger partial charge in [0.05, 0.1) is 119 Å². The summed E-state index contributed by atoms with van der Waals surface area (Å²) >= 11 is 0. The zero-order valence-corrected chi connectivity index (χ0v) is 29.4. The van der Waals surface area contributed by atoms with E-state index in [-0.39, 0.29) is 26.4 Å². The van der Waals surface area contributed by atoms with E-state index < -0.39 is 61.8 Å². The van der Waals surface area contributed by atoms with Gasteiger partial charge in [-0.2, -0.15) is 0 Å². The normalized spacial score (nSPS) is 12.8. The molecular formula is C23H49NO21P3+. The van der Waals surface area contributed by atoms with E-state index in [0.717, 1.165) is 0 Å². The lowest BCUT2D eigenvalue weighted by Crippen LogP contribution is -2.58. The van der Waals surface area contributed by atoms with E-state index in [1.54, 1.807) is 7.11 Å². The molecule has 1 amide bonds. The Morgan fingerprint density at radius 3 is 1.19 bits per heavy atom. The first kappa shape index (κ1) is 47.4. The number of nitrogens with one attached hydrogen (secondary N) is 1.